The van der Waals surface area contributed by atoms with Gasteiger partial charge in [-0.25, -0.2) is 4.98 Å². The van der Waals surface area contributed by atoms with Crippen molar-refractivity contribution >= 4 is 17.3 Å². The van der Waals surface area contributed by atoms with Crippen molar-refractivity contribution in [2.24, 2.45) is 0 Å². The molecule has 0 aliphatic rings. The number of methoxy groups -OCH3 is 1. The molecular weight excluding hydrogens is 368 g/mol. The Balaban J connectivity index is 1.74. The molecule has 29 heavy (non-hydrogen) atoms. The number of pyridine rings is 1. The number of benzene rings is 1. The molecule has 1 aromatic carbocycles. The van der Waals surface area contributed by atoms with Gasteiger partial charge in [-0.15, -0.1) is 0 Å². The number of carbonyl (C=O) groups excluding carboxylic acids is 2. The Morgan fingerprint density at radius 2 is 1.79 bits per heavy atom. The van der Waals surface area contributed by atoms with E-state index in [1.165, 1.54) is 0 Å². The Hall–Kier alpha value is -3.35. The zero-order valence-corrected chi connectivity index (χ0v) is 17.2. The molecule has 0 saturated carbocycles. The third-order valence-electron chi connectivity index (χ3n) is 4.31. The van der Waals surface area contributed by atoms with Gasteiger partial charge in [0.2, 0.25) is 5.82 Å². The highest BCUT2D eigenvalue weighted by molar-refractivity contribution is 6.02. The quantitative estimate of drug-likeness (QED) is 0.673. The molecule has 0 bridgehead atoms. The number of hydrogen-bond acceptors (Lipinski definition) is 4. The standard InChI is InChI=1S/C22H26N4O3/c1-22(2,3)25-20(27)18-17-7-5-6-14-26(17)19(24-18)21(28)23-13-12-15-8-10-16(29-4)11-9-15/h5-11,14H,12-13H2,1-4H3,(H,23,28)(H,25,27). The van der Waals surface area contributed by atoms with Gasteiger partial charge in [0, 0.05) is 18.3 Å². The predicted molar refractivity (Wildman–Crippen MR) is 111 cm³/mol. The summed E-state index contributed by atoms with van der Waals surface area (Å²) < 4.78 is 6.79. The first kappa shape index (κ1) is 20.4. The number of imidazole rings is 1. The largest absolute Gasteiger partial charge is 0.497 e. The molecule has 0 unspecified atom stereocenters. The number of hydrogen-bond donors (Lipinski definition) is 2. The van der Waals surface area contributed by atoms with E-state index in [-0.39, 0.29) is 23.3 Å². The highest BCUT2D eigenvalue weighted by atomic mass is 16.5. The second-order valence-corrected chi connectivity index (χ2v) is 7.80. The van der Waals surface area contributed by atoms with Crippen molar-refractivity contribution in [3.63, 3.8) is 0 Å². The van der Waals surface area contributed by atoms with E-state index in [0.717, 1.165) is 11.3 Å². The fourth-order valence-corrected chi connectivity index (χ4v) is 2.96. The molecule has 2 heterocycles. The lowest BCUT2D eigenvalue weighted by Crippen LogP contribution is -2.40. The third-order valence-corrected chi connectivity index (χ3v) is 4.31. The molecule has 7 heteroatoms. The van der Waals surface area contributed by atoms with Crippen molar-refractivity contribution in [2.45, 2.75) is 32.7 Å². The van der Waals surface area contributed by atoms with Gasteiger partial charge in [0.25, 0.3) is 11.8 Å². The van der Waals surface area contributed by atoms with E-state index in [1.807, 2.05) is 51.1 Å². The Labute approximate surface area is 170 Å². The fraction of sp³-hybridized carbons (Fsp3) is 0.318. The lowest BCUT2D eigenvalue weighted by atomic mass is 10.1. The van der Waals surface area contributed by atoms with Gasteiger partial charge < -0.3 is 15.4 Å². The van der Waals surface area contributed by atoms with E-state index in [2.05, 4.69) is 15.6 Å². The van der Waals surface area contributed by atoms with Crippen molar-refractivity contribution in [1.29, 1.82) is 0 Å². The number of amides is 2. The zero-order chi connectivity index (χ0) is 21.0. The zero-order valence-electron chi connectivity index (χ0n) is 17.2. The van der Waals surface area contributed by atoms with Crippen LogP contribution in [0.15, 0.2) is 48.7 Å². The van der Waals surface area contributed by atoms with Crippen molar-refractivity contribution in [3.05, 3.63) is 65.7 Å². The summed E-state index contributed by atoms with van der Waals surface area (Å²) in [4.78, 5) is 29.7. The Morgan fingerprint density at radius 3 is 2.45 bits per heavy atom. The molecule has 0 radical (unpaired) electrons. The van der Waals surface area contributed by atoms with Crippen LogP contribution >= 0.6 is 0 Å². The summed E-state index contributed by atoms with van der Waals surface area (Å²) in [5.41, 5.74) is 1.52. The second kappa shape index (κ2) is 8.34. The fourth-order valence-electron chi connectivity index (χ4n) is 2.96. The topological polar surface area (TPSA) is 84.7 Å². The van der Waals surface area contributed by atoms with Crippen LogP contribution in [0, 0.1) is 0 Å². The Kier molecular flexibility index (Phi) is 5.87. The summed E-state index contributed by atoms with van der Waals surface area (Å²) in [6.07, 6.45) is 2.41. The van der Waals surface area contributed by atoms with E-state index in [9.17, 15) is 9.59 Å². The molecular formula is C22H26N4O3. The Bertz CT molecular complexity index is 1020. The van der Waals surface area contributed by atoms with E-state index >= 15 is 0 Å². The van der Waals surface area contributed by atoms with Crippen molar-refractivity contribution < 1.29 is 14.3 Å². The Morgan fingerprint density at radius 1 is 1.07 bits per heavy atom. The van der Waals surface area contributed by atoms with Crippen molar-refractivity contribution in [1.82, 2.24) is 20.0 Å². The van der Waals surface area contributed by atoms with E-state index < -0.39 is 5.54 Å². The van der Waals surface area contributed by atoms with Gasteiger partial charge in [0.15, 0.2) is 5.69 Å². The maximum Gasteiger partial charge on any atom is 0.287 e. The van der Waals surface area contributed by atoms with Gasteiger partial charge in [-0.3, -0.25) is 14.0 Å². The summed E-state index contributed by atoms with van der Waals surface area (Å²) in [6.45, 7) is 6.15. The van der Waals surface area contributed by atoms with Crippen LogP contribution < -0.4 is 15.4 Å². The van der Waals surface area contributed by atoms with E-state index in [4.69, 9.17) is 4.74 Å². The minimum atomic E-state index is -0.400. The van der Waals surface area contributed by atoms with Crippen LogP contribution in [0.25, 0.3) is 5.52 Å². The first-order valence-electron chi connectivity index (χ1n) is 9.49. The first-order valence-corrected chi connectivity index (χ1v) is 9.49. The maximum absolute atomic E-state index is 12.7. The molecule has 0 aliphatic carbocycles. The summed E-state index contributed by atoms with van der Waals surface area (Å²) in [7, 11) is 1.63. The van der Waals surface area contributed by atoms with E-state index in [0.29, 0.717) is 18.5 Å². The third kappa shape index (κ3) is 4.93. The van der Waals surface area contributed by atoms with Crippen LogP contribution in [0.1, 0.15) is 47.4 Å². The number of rotatable bonds is 6. The molecule has 0 spiro atoms. The average Bonchev–Trinajstić information content (AvgIpc) is 3.07. The first-order chi connectivity index (χ1) is 13.8. The number of aromatic nitrogens is 2. The van der Waals surface area contributed by atoms with Crippen LogP contribution in [0.2, 0.25) is 0 Å². The van der Waals surface area contributed by atoms with Crippen LogP contribution in [0.5, 0.6) is 5.75 Å². The lowest BCUT2D eigenvalue weighted by Gasteiger charge is -2.19. The number of fused-ring (bicyclic) bond motifs is 1. The molecule has 0 saturated heterocycles. The molecule has 3 aromatic rings. The van der Waals surface area contributed by atoms with Crippen LogP contribution in [-0.2, 0) is 6.42 Å². The van der Waals surface area contributed by atoms with Gasteiger partial charge in [0.1, 0.15) is 5.75 Å². The monoisotopic (exact) mass is 394 g/mol. The number of carbonyl (C=O) groups is 2. The lowest BCUT2D eigenvalue weighted by molar-refractivity contribution is 0.0916. The van der Waals surface area contributed by atoms with Gasteiger partial charge >= 0.3 is 0 Å². The smallest absolute Gasteiger partial charge is 0.287 e. The van der Waals surface area contributed by atoms with Gasteiger partial charge in [-0.1, -0.05) is 18.2 Å². The maximum atomic E-state index is 12.7. The number of nitrogens with one attached hydrogen (secondary N) is 2. The number of ether oxygens (including phenoxy) is 1. The van der Waals surface area contributed by atoms with Gasteiger partial charge in [-0.2, -0.15) is 0 Å². The van der Waals surface area contributed by atoms with Crippen molar-refractivity contribution in [3.8, 4) is 5.75 Å². The van der Waals surface area contributed by atoms with Gasteiger partial charge in [0.05, 0.1) is 12.6 Å². The molecule has 0 fully saturated rings. The summed E-state index contributed by atoms with van der Waals surface area (Å²) in [5, 5.41) is 5.78. The molecule has 152 valence electrons. The molecule has 0 atom stereocenters. The highest BCUT2D eigenvalue weighted by Crippen LogP contribution is 2.15. The highest BCUT2D eigenvalue weighted by Gasteiger charge is 2.23. The SMILES string of the molecule is COc1ccc(CCNC(=O)c2nc(C(=O)NC(C)(C)C)c3ccccn23)cc1. The summed E-state index contributed by atoms with van der Waals surface area (Å²) >= 11 is 0. The van der Waals surface area contributed by atoms with Gasteiger partial charge in [-0.05, 0) is 57.0 Å². The van der Waals surface area contributed by atoms with E-state index in [1.54, 1.807) is 29.8 Å². The normalized spacial score (nSPS) is 11.3. The molecule has 2 N–H and O–H groups in total. The molecule has 3 rings (SSSR count). The molecule has 2 aromatic heterocycles. The van der Waals surface area contributed by atoms with Crippen LogP contribution in [-0.4, -0.2) is 40.4 Å². The van der Waals surface area contributed by atoms with Crippen LogP contribution in [0.3, 0.4) is 0 Å². The summed E-state index contributed by atoms with van der Waals surface area (Å²) in [5.74, 6) is 0.352. The van der Waals surface area contributed by atoms with Crippen molar-refractivity contribution in [2.75, 3.05) is 13.7 Å². The molecule has 7 nitrogen and oxygen atoms in total. The minimum Gasteiger partial charge on any atom is -0.497 e. The predicted octanol–water partition coefficient (Wildman–Crippen LogP) is 2.84. The molecule has 2 amide bonds. The second-order valence-electron chi connectivity index (χ2n) is 7.80. The molecule has 0 aliphatic heterocycles. The number of nitrogens with zero attached hydrogens (tertiary/aromatic N) is 2. The summed E-state index contributed by atoms with van der Waals surface area (Å²) in [6, 6.07) is 13.1. The minimum absolute atomic E-state index is 0.189. The average molecular weight is 394 g/mol. The van der Waals surface area contributed by atoms with Crippen LogP contribution in [0.4, 0.5) is 0 Å².